The number of carbonyl (C=O) groups is 3. The molecular weight excluding hydrogens is 351 g/mol. The van der Waals surface area contributed by atoms with Gasteiger partial charge in [-0.05, 0) is 30.3 Å². The van der Waals surface area contributed by atoms with E-state index in [9.17, 15) is 14.4 Å². The van der Waals surface area contributed by atoms with E-state index in [-0.39, 0.29) is 29.7 Å². The van der Waals surface area contributed by atoms with Gasteiger partial charge in [0, 0.05) is 18.4 Å². The quantitative estimate of drug-likeness (QED) is 0.842. The summed E-state index contributed by atoms with van der Waals surface area (Å²) in [6, 6.07) is 11.2. The Balaban J connectivity index is 1.90. The Morgan fingerprint density at radius 2 is 1.62 bits per heavy atom. The molecule has 122 valence electrons. The van der Waals surface area contributed by atoms with Crippen LogP contribution in [0.4, 0.5) is 11.4 Å². The molecule has 3 amide bonds. The normalized spacial score (nSPS) is 14.2. The van der Waals surface area contributed by atoms with Gasteiger partial charge in [-0.1, -0.05) is 35.3 Å². The zero-order valence-corrected chi connectivity index (χ0v) is 13.9. The van der Waals surface area contributed by atoms with Crippen LogP contribution >= 0.6 is 23.2 Å². The number of nitrogens with one attached hydrogen (secondary N) is 1. The molecule has 0 aliphatic carbocycles. The van der Waals surface area contributed by atoms with Gasteiger partial charge >= 0.3 is 0 Å². The van der Waals surface area contributed by atoms with Crippen molar-refractivity contribution < 1.29 is 14.4 Å². The van der Waals surface area contributed by atoms with Gasteiger partial charge in [-0.25, -0.2) is 4.90 Å². The number of hydrogen-bond acceptors (Lipinski definition) is 3. The molecule has 3 rings (SSSR count). The Hall–Kier alpha value is -2.37. The third kappa shape index (κ3) is 3.13. The zero-order chi connectivity index (χ0) is 17.3. The van der Waals surface area contributed by atoms with Gasteiger partial charge in [0.2, 0.25) is 11.8 Å². The average Bonchev–Trinajstić information content (AvgIpc) is 2.89. The van der Waals surface area contributed by atoms with Crippen LogP contribution in [-0.2, 0) is 9.59 Å². The molecule has 7 heteroatoms. The van der Waals surface area contributed by atoms with Crippen LogP contribution in [0.5, 0.6) is 0 Å². The predicted octanol–water partition coefficient (Wildman–Crippen LogP) is 3.90. The molecule has 1 aliphatic heterocycles. The molecule has 0 saturated carbocycles. The van der Waals surface area contributed by atoms with E-state index in [4.69, 9.17) is 23.2 Å². The van der Waals surface area contributed by atoms with Crippen LogP contribution in [0.25, 0.3) is 0 Å². The van der Waals surface area contributed by atoms with Crippen LogP contribution in [-0.4, -0.2) is 17.7 Å². The number of nitrogens with zero attached hydrogens (tertiary/aromatic N) is 1. The lowest BCUT2D eigenvalue weighted by molar-refractivity contribution is -0.121. The molecule has 0 radical (unpaired) electrons. The molecule has 0 aromatic heterocycles. The summed E-state index contributed by atoms with van der Waals surface area (Å²) >= 11 is 11.8. The summed E-state index contributed by atoms with van der Waals surface area (Å²) in [6.07, 6.45) is 0.349. The van der Waals surface area contributed by atoms with E-state index < -0.39 is 5.91 Å². The molecule has 0 atom stereocenters. The highest BCUT2D eigenvalue weighted by Gasteiger charge is 2.32. The number of para-hydroxylation sites is 2. The van der Waals surface area contributed by atoms with Crippen molar-refractivity contribution in [3.63, 3.8) is 0 Å². The Labute approximate surface area is 148 Å². The fourth-order valence-corrected chi connectivity index (χ4v) is 2.75. The second-order valence-corrected chi connectivity index (χ2v) is 6.04. The lowest BCUT2D eigenvalue weighted by Gasteiger charge is -2.18. The van der Waals surface area contributed by atoms with E-state index in [2.05, 4.69) is 5.32 Å². The molecule has 2 aromatic carbocycles. The number of carbonyl (C=O) groups excluding carboxylic acids is 3. The van der Waals surface area contributed by atoms with Gasteiger partial charge in [-0.2, -0.15) is 0 Å². The van der Waals surface area contributed by atoms with Gasteiger partial charge < -0.3 is 5.32 Å². The molecule has 2 aromatic rings. The number of halogens is 2. The van der Waals surface area contributed by atoms with Crippen molar-refractivity contribution in [2.75, 3.05) is 10.2 Å². The summed E-state index contributed by atoms with van der Waals surface area (Å²) in [5.74, 6) is -0.979. The van der Waals surface area contributed by atoms with Crippen molar-refractivity contribution in [1.29, 1.82) is 0 Å². The third-order valence-corrected chi connectivity index (χ3v) is 4.37. The highest BCUT2D eigenvalue weighted by molar-refractivity contribution is 6.42. The summed E-state index contributed by atoms with van der Waals surface area (Å²) in [4.78, 5) is 37.4. The molecule has 24 heavy (non-hydrogen) atoms. The summed E-state index contributed by atoms with van der Waals surface area (Å²) in [5, 5.41) is 3.32. The summed E-state index contributed by atoms with van der Waals surface area (Å²) in [5.41, 5.74) is 1.05. The van der Waals surface area contributed by atoms with E-state index in [1.54, 1.807) is 30.3 Å². The molecule has 0 unspecified atom stereocenters. The van der Waals surface area contributed by atoms with Crippen LogP contribution in [0.1, 0.15) is 23.2 Å². The number of amides is 3. The SMILES string of the molecule is O=C(Nc1ccccc1N1C(=O)CCC1=O)c1ccc(Cl)c(Cl)c1. The summed E-state index contributed by atoms with van der Waals surface area (Å²) in [6.45, 7) is 0. The zero-order valence-electron chi connectivity index (χ0n) is 12.4. The van der Waals surface area contributed by atoms with Crippen LogP contribution in [0.3, 0.4) is 0 Å². The number of imide groups is 1. The van der Waals surface area contributed by atoms with Crippen molar-refractivity contribution in [2.45, 2.75) is 12.8 Å². The highest BCUT2D eigenvalue weighted by atomic mass is 35.5. The van der Waals surface area contributed by atoms with E-state index in [1.807, 2.05) is 0 Å². The van der Waals surface area contributed by atoms with Gasteiger partial charge in [0.1, 0.15) is 0 Å². The summed E-state index contributed by atoms with van der Waals surface area (Å²) in [7, 11) is 0. The van der Waals surface area contributed by atoms with Crippen LogP contribution in [0.15, 0.2) is 42.5 Å². The fourth-order valence-electron chi connectivity index (χ4n) is 2.45. The monoisotopic (exact) mass is 362 g/mol. The minimum atomic E-state index is -0.417. The number of anilines is 2. The van der Waals surface area contributed by atoms with Crippen molar-refractivity contribution in [3.8, 4) is 0 Å². The maximum atomic E-state index is 12.4. The van der Waals surface area contributed by atoms with Crippen LogP contribution in [0, 0.1) is 0 Å². The molecule has 0 spiro atoms. The Bertz CT molecular complexity index is 835. The second kappa shape index (κ2) is 6.63. The minimum Gasteiger partial charge on any atom is -0.320 e. The van der Waals surface area contributed by atoms with Crippen molar-refractivity contribution in [1.82, 2.24) is 0 Å². The van der Waals surface area contributed by atoms with Gasteiger partial charge in [0.15, 0.2) is 0 Å². The Morgan fingerprint density at radius 1 is 0.958 bits per heavy atom. The largest absolute Gasteiger partial charge is 0.320 e. The van der Waals surface area contributed by atoms with E-state index in [0.29, 0.717) is 22.0 Å². The molecular formula is C17H12Cl2N2O3. The van der Waals surface area contributed by atoms with Crippen LogP contribution in [0.2, 0.25) is 10.0 Å². The maximum Gasteiger partial charge on any atom is 0.255 e. The molecule has 1 N–H and O–H groups in total. The van der Waals surface area contributed by atoms with Gasteiger partial charge in [-0.3, -0.25) is 14.4 Å². The Kier molecular flexibility index (Phi) is 4.55. The third-order valence-electron chi connectivity index (χ3n) is 3.63. The van der Waals surface area contributed by atoms with Crippen LogP contribution < -0.4 is 10.2 Å². The Morgan fingerprint density at radius 3 is 2.29 bits per heavy atom. The second-order valence-electron chi connectivity index (χ2n) is 5.22. The summed E-state index contributed by atoms with van der Waals surface area (Å²) < 4.78 is 0. The number of benzene rings is 2. The first-order chi connectivity index (χ1) is 11.5. The van der Waals surface area contributed by atoms with E-state index in [0.717, 1.165) is 4.90 Å². The topological polar surface area (TPSA) is 66.5 Å². The van der Waals surface area contributed by atoms with Gasteiger partial charge in [-0.15, -0.1) is 0 Å². The van der Waals surface area contributed by atoms with Crippen molar-refractivity contribution in [2.24, 2.45) is 0 Å². The number of hydrogen-bond donors (Lipinski definition) is 1. The molecule has 1 heterocycles. The molecule has 1 aliphatic rings. The number of rotatable bonds is 3. The first kappa shape index (κ1) is 16.5. The van der Waals surface area contributed by atoms with Crippen molar-refractivity contribution >= 4 is 52.3 Å². The first-order valence-corrected chi connectivity index (χ1v) is 7.94. The average molecular weight is 363 g/mol. The van der Waals surface area contributed by atoms with Crippen molar-refractivity contribution in [3.05, 3.63) is 58.1 Å². The molecule has 0 bridgehead atoms. The molecule has 1 saturated heterocycles. The minimum absolute atomic E-state index is 0.175. The van der Waals surface area contributed by atoms with E-state index in [1.165, 1.54) is 12.1 Å². The fraction of sp³-hybridized carbons (Fsp3) is 0.118. The smallest absolute Gasteiger partial charge is 0.255 e. The lowest BCUT2D eigenvalue weighted by Crippen LogP contribution is -2.29. The van der Waals surface area contributed by atoms with Gasteiger partial charge in [0.25, 0.3) is 5.91 Å². The standard InChI is InChI=1S/C17H12Cl2N2O3/c18-11-6-5-10(9-12(11)19)17(24)20-13-3-1-2-4-14(13)21-15(22)7-8-16(21)23/h1-6,9H,7-8H2,(H,20,24). The molecule has 1 fully saturated rings. The highest BCUT2D eigenvalue weighted by Crippen LogP contribution is 2.31. The first-order valence-electron chi connectivity index (χ1n) is 7.18. The molecule has 5 nitrogen and oxygen atoms in total. The van der Waals surface area contributed by atoms with E-state index >= 15 is 0 Å². The van der Waals surface area contributed by atoms with Gasteiger partial charge in [0.05, 0.1) is 21.4 Å². The maximum absolute atomic E-state index is 12.4. The predicted molar refractivity (Wildman–Crippen MR) is 92.6 cm³/mol. The lowest BCUT2D eigenvalue weighted by atomic mass is 10.2.